The van der Waals surface area contributed by atoms with Crippen molar-refractivity contribution in [1.82, 2.24) is 14.8 Å². The van der Waals surface area contributed by atoms with E-state index in [0.717, 1.165) is 5.69 Å². The first kappa shape index (κ1) is 12.8. The molecule has 1 amide bonds. The molecule has 5 nitrogen and oxygen atoms in total. The van der Waals surface area contributed by atoms with E-state index < -0.39 is 0 Å². The largest absolute Gasteiger partial charge is 0.319 e. The van der Waals surface area contributed by atoms with Gasteiger partial charge in [-0.15, -0.1) is 11.3 Å². The Kier molecular flexibility index (Phi) is 3.49. The highest BCUT2D eigenvalue weighted by Gasteiger charge is 2.12. The van der Waals surface area contributed by atoms with Crippen molar-refractivity contribution < 1.29 is 4.79 Å². The average Bonchev–Trinajstić information content (AvgIpc) is 3.12. The number of rotatable bonds is 3. The number of halogens is 1. The van der Waals surface area contributed by atoms with Crippen LogP contribution >= 0.6 is 22.9 Å². The summed E-state index contributed by atoms with van der Waals surface area (Å²) in [6.45, 7) is 0. The molecule has 0 radical (unpaired) electrons. The van der Waals surface area contributed by atoms with Crippen LogP contribution in [-0.4, -0.2) is 20.7 Å². The molecule has 20 heavy (non-hydrogen) atoms. The number of nitrogens with zero attached hydrogens (tertiary/aromatic N) is 3. The Bertz CT molecular complexity index is 725. The third-order valence-corrected chi connectivity index (χ3v) is 3.44. The zero-order valence-electron chi connectivity index (χ0n) is 10.2. The third kappa shape index (κ3) is 2.56. The van der Waals surface area contributed by atoms with Gasteiger partial charge >= 0.3 is 0 Å². The zero-order chi connectivity index (χ0) is 13.9. The molecule has 0 spiro atoms. The van der Waals surface area contributed by atoms with Gasteiger partial charge in [0.05, 0.1) is 16.9 Å². The van der Waals surface area contributed by atoms with Crippen LogP contribution in [0.5, 0.6) is 0 Å². The lowest BCUT2D eigenvalue weighted by molar-refractivity contribution is 0.102. The van der Waals surface area contributed by atoms with Crippen molar-refractivity contribution in [2.24, 2.45) is 0 Å². The van der Waals surface area contributed by atoms with Crippen LogP contribution in [0.2, 0.25) is 5.02 Å². The summed E-state index contributed by atoms with van der Waals surface area (Å²) in [5.41, 5.74) is 3.31. The van der Waals surface area contributed by atoms with E-state index in [4.69, 9.17) is 11.6 Å². The number of carbonyl (C=O) groups is 1. The predicted octanol–water partition coefficient (Wildman–Crippen LogP) is 3.23. The molecule has 0 saturated heterocycles. The standard InChI is InChI=1S/C13H9ClN4OS/c14-9-2-3-12(18-5-1-4-16-18)10(6-9)17-13(19)11-7-20-8-15-11/h1-8H,(H,17,19). The number of hydrogen-bond donors (Lipinski definition) is 1. The molecule has 0 fully saturated rings. The molecular weight excluding hydrogens is 296 g/mol. The number of carbonyl (C=O) groups excluding carboxylic acids is 1. The van der Waals surface area contributed by atoms with Gasteiger partial charge in [0, 0.05) is 22.8 Å². The first-order valence-corrected chi connectivity index (χ1v) is 7.05. The normalized spacial score (nSPS) is 10.4. The van der Waals surface area contributed by atoms with E-state index >= 15 is 0 Å². The smallest absolute Gasteiger partial charge is 0.275 e. The summed E-state index contributed by atoms with van der Waals surface area (Å²) in [6.07, 6.45) is 3.46. The highest BCUT2D eigenvalue weighted by atomic mass is 35.5. The Morgan fingerprint density at radius 2 is 2.30 bits per heavy atom. The Hall–Kier alpha value is -2.18. The van der Waals surface area contributed by atoms with Crippen LogP contribution in [0.4, 0.5) is 5.69 Å². The maximum Gasteiger partial charge on any atom is 0.275 e. The average molecular weight is 305 g/mol. The molecule has 2 aromatic heterocycles. The SMILES string of the molecule is O=C(Nc1cc(Cl)ccc1-n1cccn1)c1cscn1. The van der Waals surface area contributed by atoms with E-state index in [1.54, 1.807) is 52.2 Å². The van der Waals surface area contributed by atoms with Gasteiger partial charge in [-0.3, -0.25) is 4.79 Å². The minimum atomic E-state index is -0.276. The van der Waals surface area contributed by atoms with Gasteiger partial charge in [0.1, 0.15) is 5.69 Å². The molecular formula is C13H9ClN4OS. The zero-order valence-corrected chi connectivity index (χ0v) is 11.7. The minimum absolute atomic E-state index is 0.276. The number of aromatic nitrogens is 3. The fourth-order valence-electron chi connectivity index (χ4n) is 1.73. The van der Waals surface area contributed by atoms with Crippen molar-refractivity contribution in [3.05, 3.63) is 58.3 Å². The number of anilines is 1. The Morgan fingerprint density at radius 3 is 3.00 bits per heavy atom. The number of benzene rings is 1. The van der Waals surface area contributed by atoms with Crippen molar-refractivity contribution >= 4 is 34.5 Å². The fourth-order valence-corrected chi connectivity index (χ4v) is 2.43. The summed E-state index contributed by atoms with van der Waals surface area (Å²) in [5.74, 6) is -0.276. The first-order chi connectivity index (χ1) is 9.74. The lowest BCUT2D eigenvalue weighted by Crippen LogP contribution is -2.14. The van der Waals surface area contributed by atoms with Crippen molar-refractivity contribution in [3.8, 4) is 5.69 Å². The molecule has 1 aromatic carbocycles. The van der Waals surface area contributed by atoms with Gasteiger partial charge in [-0.05, 0) is 24.3 Å². The molecule has 100 valence electrons. The van der Waals surface area contributed by atoms with Gasteiger partial charge in [-0.1, -0.05) is 11.6 Å². The molecule has 7 heteroatoms. The van der Waals surface area contributed by atoms with E-state index in [-0.39, 0.29) is 5.91 Å². The minimum Gasteiger partial charge on any atom is -0.319 e. The molecule has 0 aliphatic carbocycles. The molecule has 3 aromatic rings. The molecule has 0 saturated carbocycles. The van der Waals surface area contributed by atoms with E-state index in [0.29, 0.717) is 16.4 Å². The van der Waals surface area contributed by atoms with E-state index in [1.807, 2.05) is 0 Å². The second kappa shape index (κ2) is 5.44. The summed E-state index contributed by atoms with van der Waals surface area (Å²) < 4.78 is 1.66. The fraction of sp³-hybridized carbons (Fsp3) is 0. The number of thiazole rings is 1. The lowest BCUT2D eigenvalue weighted by Gasteiger charge is -2.10. The monoisotopic (exact) mass is 304 g/mol. The van der Waals surface area contributed by atoms with Crippen LogP contribution in [0.1, 0.15) is 10.5 Å². The molecule has 0 aliphatic rings. The summed E-state index contributed by atoms with van der Waals surface area (Å²) >= 11 is 7.36. The highest BCUT2D eigenvalue weighted by molar-refractivity contribution is 7.07. The van der Waals surface area contributed by atoms with Crippen LogP contribution < -0.4 is 5.32 Å². The molecule has 0 unspecified atom stereocenters. The Labute approximate surface area is 123 Å². The van der Waals surface area contributed by atoms with Crippen molar-refractivity contribution in [3.63, 3.8) is 0 Å². The highest BCUT2D eigenvalue weighted by Crippen LogP contribution is 2.24. The van der Waals surface area contributed by atoms with E-state index in [2.05, 4.69) is 15.4 Å². The van der Waals surface area contributed by atoms with E-state index in [1.165, 1.54) is 11.3 Å². The summed E-state index contributed by atoms with van der Waals surface area (Å²) in [4.78, 5) is 16.0. The first-order valence-electron chi connectivity index (χ1n) is 5.73. The van der Waals surface area contributed by atoms with Crippen LogP contribution in [-0.2, 0) is 0 Å². The topological polar surface area (TPSA) is 59.8 Å². The second-order valence-corrected chi connectivity index (χ2v) is 5.10. The Balaban J connectivity index is 1.96. The number of nitrogens with one attached hydrogen (secondary N) is 1. The lowest BCUT2D eigenvalue weighted by atomic mass is 10.2. The van der Waals surface area contributed by atoms with Crippen molar-refractivity contribution in [1.29, 1.82) is 0 Å². The van der Waals surface area contributed by atoms with Gasteiger partial charge in [-0.25, -0.2) is 9.67 Å². The maximum absolute atomic E-state index is 12.1. The second-order valence-electron chi connectivity index (χ2n) is 3.94. The van der Waals surface area contributed by atoms with Gasteiger partial charge in [-0.2, -0.15) is 5.10 Å². The number of amides is 1. The van der Waals surface area contributed by atoms with Crippen LogP contribution in [0.15, 0.2) is 47.5 Å². The summed E-state index contributed by atoms with van der Waals surface area (Å²) in [6, 6.07) is 7.03. The molecule has 0 aliphatic heterocycles. The molecule has 3 rings (SSSR count). The number of hydrogen-bond acceptors (Lipinski definition) is 4. The van der Waals surface area contributed by atoms with Crippen LogP contribution in [0.25, 0.3) is 5.69 Å². The third-order valence-electron chi connectivity index (χ3n) is 2.62. The summed E-state index contributed by atoms with van der Waals surface area (Å²) in [5, 5.41) is 9.18. The van der Waals surface area contributed by atoms with Gasteiger partial charge < -0.3 is 5.32 Å². The summed E-state index contributed by atoms with van der Waals surface area (Å²) in [7, 11) is 0. The molecule has 2 heterocycles. The van der Waals surface area contributed by atoms with Crippen LogP contribution in [0.3, 0.4) is 0 Å². The van der Waals surface area contributed by atoms with Gasteiger partial charge in [0.15, 0.2) is 0 Å². The van der Waals surface area contributed by atoms with Crippen LogP contribution in [0, 0.1) is 0 Å². The van der Waals surface area contributed by atoms with Gasteiger partial charge in [0.2, 0.25) is 0 Å². The Morgan fingerprint density at radius 1 is 1.40 bits per heavy atom. The quantitative estimate of drug-likeness (QED) is 0.808. The van der Waals surface area contributed by atoms with Crippen molar-refractivity contribution in [2.75, 3.05) is 5.32 Å². The van der Waals surface area contributed by atoms with Crippen molar-refractivity contribution in [2.45, 2.75) is 0 Å². The molecule has 0 atom stereocenters. The van der Waals surface area contributed by atoms with E-state index in [9.17, 15) is 4.79 Å². The van der Waals surface area contributed by atoms with Gasteiger partial charge in [0.25, 0.3) is 5.91 Å². The molecule has 0 bridgehead atoms. The predicted molar refractivity (Wildman–Crippen MR) is 78.6 cm³/mol. The maximum atomic E-state index is 12.1. The molecule has 1 N–H and O–H groups in total.